The predicted octanol–water partition coefficient (Wildman–Crippen LogP) is 3.87. The number of hydrogen-bond donors (Lipinski definition) is 1. The smallest absolute Gasteiger partial charge is 0.158 e. The number of benzene rings is 2. The molecule has 1 saturated heterocycles. The molecule has 0 saturated carbocycles. The highest BCUT2D eigenvalue weighted by molar-refractivity contribution is 5.76. The Kier molecular flexibility index (Phi) is 5.19. The lowest BCUT2D eigenvalue weighted by Gasteiger charge is -2.27. The molecule has 5 nitrogen and oxygen atoms in total. The predicted molar refractivity (Wildman–Crippen MR) is 111 cm³/mol. The Hall–Kier alpha value is -3.08. The normalized spacial score (nSPS) is 13.7. The van der Waals surface area contributed by atoms with Crippen LogP contribution >= 0.6 is 0 Å². The van der Waals surface area contributed by atoms with Gasteiger partial charge in [-0.05, 0) is 24.0 Å². The fourth-order valence-corrected chi connectivity index (χ4v) is 3.62. The Labute approximate surface area is 160 Å². The third-order valence-electron chi connectivity index (χ3n) is 4.98. The summed E-state index contributed by atoms with van der Waals surface area (Å²) in [4.78, 5) is 13.6. The van der Waals surface area contributed by atoms with Crippen LogP contribution in [0.4, 0.5) is 17.3 Å². The van der Waals surface area contributed by atoms with Crippen molar-refractivity contribution >= 4 is 17.3 Å². The van der Waals surface area contributed by atoms with Gasteiger partial charge in [0.1, 0.15) is 12.0 Å². The van der Waals surface area contributed by atoms with Gasteiger partial charge in [-0.15, -0.1) is 0 Å². The van der Waals surface area contributed by atoms with Crippen LogP contribution in [0.3, 0.4) is 0 Å². The molecule has 1 aliphatic heterocycles. The fourth-order valence-electron chi connectivity index (χ4n) is 3.62. The van der Waals surface area contributed by atoms with E-state index < -0.39 is 0 Å². The van der Waals surface area contributed by atoms with Gasteiger partial charge in [0.25, 0.3) is 0 Å². The number of hydrogen-bond acceptors (Lipinski definition) is 5. The minimum atomic E-state index is 0.672. The number of aromatic nitrogens is 2. The van der Waals surface area contributed by atoms with Crippen molar-refractivity contribution in [1.29, 1.82) is 0 Å². The Morgan fingerprint density at radius 2 is 1.37 bits per heavy atom. The van der Waals surface area contributed by atoms with Gasteiger partial charge in [-0.2, -0.15) is 0 Å². The first-order chi connectivity index (χ1) is 13.3. The van der Waals surface area contributed by atoms with Crippen molar-refractivity contribution in [3.63, 3.8) is 0 Å². The highest BCUT2D eigenvalue weighted by Gasteiger charge is 2.21. The summed E-state index contributed by atoms with van der Waals surface area (Å²) < 4.78 is 0. The quantitative estimate of drug-likeness (QED) is 0.724. The van der Waals surface area contributed by atoms with E-state index in [2.05, 4.69) is 68.3 Å². The third kappa shape index (κ3) is 4.03. The summed E-state index contributed by atoms with van der Waals surface area (Å²) in [6, 6.07) is 20.9. The molecule has 4 rings (SSSR count). The Morgan fingerprint density at radius 3 is 1.93 bits per heavy atom. The number of nitrogens with zero attached hydrogens (tertiary/aromatic N) is 4. The molecule has 5 heteroatoms. The Morgan fingerprint density at radius 1 is 0.815 bits per heavy atom. The molecule has 0 amide bonds. The molecule has 0 bridgehead atoms. The molecule has 1 fully saturated rings. The van der Waals surface area contributed by atoms with E-state index in [9.17, 15) is 0 Å². The first-order valence-corrected chi connectivity index (χ1v) is 9.49. The summed E-state index contributed by atoms with van der Waals surface area (Å²) in [7, 11) is 0. The highest BCUT2D eigenvalue weighted by Crippen LogP contribution is 2.32. The molecule has 0 unspecified atom stereocenters. The molecule has 1 aromatic heterocycles. The van der Waals surface area contributed by atoms with E-state index in [1.165, 1.54) is 24.0 Å². The molecular weight excluding hydrogens is 334 g/mol. The lowest BCUT2D eigenvalue weighted by Crippen LogP contribution is -2.27. The van der Waals surface area contributed by atoms with E-state index in [0.29, 0.717) is 5.69 Å². The summed E-state index contributed by atoms with van der Waals surface area (Å²) in [5, 5.41) is 0. The number of nitrogen functional groups attached to an aromatic ring is 1. The van der Waals surface area contributed by atoms with Gasteiger partial charge in [-0.1, -0.05) is 60.7 Å². The van der Waals surface area contributed by atoms with Gasteiger partial charge in [-0.3, -0.25) is 0 Å². The fraction of sp³-hybridized carbons (Fsp3) is 0.273. The van der Waals surface area contributed by atoms with Gasteiger partial charge in [0, 0.05) is 26.2 Å². The van der Waals surface area contributed by atoms with Crippen LogP contribution in [0.15, 0.2) is 67.0 Å². The van der Waals surface area contributed by atoms with E-state index in [1.807, 2.05) is 12.1 Å². The van der Waals surface area contributed by atoms with Crippen LogP contribution in [0.5, 0.6) is 0 Å². The first kappa shape index (κ1) is 17.3. The van der Waals surface area contributed by atoms with Crippen molar-refractivity contribution in [2.75, 3.05) is 28.6 Å². The zero-order valence-corrected chi connectivity index (χ0v) is 15.5. The lowest BCUT2D eigenvalue weighted by atomic mass is 10.1. The van der Waals surface area contributed by atoms with Crippen LogP contribution in [0.1, 0.15) is 24.0 Å². The highest BCUT2D eigenvalue weighted by atomic mass is 15.3. The molecular formula is C22H25N5. The second kappa shape index (κ2) is 8.08. The van der Waals surface area contributed by atoms with E-state index in [1.54, 1.807) is 6.33 Å². The Bertz CT molecular complexity index is 819. The van der Waals surface area contributed by atoms with Crippen molar-refractivity contribution in [2.24, 2.45) is 0 Å². The van der Waals surface area contributed by atoms with Crippen LogP contribution in [0.25, 0.3) is 0 Å². The zero-order valence-electron chi connectivity index (χ0n) is 15.5. The van der Waals surface area contributed by atoms with Crippen LogP contribution in [-0.2, 0) is 13.1 Å². The SMILES string of the molecule is Nc1c(N2CCCC2)ncnc1N(Cc1ccccc1)Cc1ccccc1. The van der Waals surface area contributed by atoms with Crippen molar-refractivity contribution in [2.45, 2.75) is 25.9 Å². The molecule has 2 heterocycles. The van der Waals surface area contributed by atoms with Crippen LogP contribution in [0, 0.1) is 0 Å². The second-order valence-electron chi connectivity index (χ2n) is 6.96. The third-order valence-corrected chi connectivity index (χ3v) is 4.98. The maximum atomic E-state index is 6.56. The molecule has 0 spiro atoms. The average Bonchev–Trinajstić information content (AvgIpc) is 3.24. The molecule has 3 aromatic rings. The van der Waals surface area contributed by atoms with Gasteiger partial charge in [0.2, 0.25) is 0 Å². The van der Waals surface area contributed by atoms with Crippen LogP contribution < -0.4 is 15.5 Å². The topological polar surface area (TPSA) is 58.3 Å². The minimum Gasteiger partial charge on any atom is -0.393 e. The molecule has 0 radical (unpaired) electrons. The Balaban J connectivity index is 1.68. The van der Waals surface area contributed by atoms with Gasteiger partial charge in [0.15, 0.2) is 11.6 Å². The summed E-state index contributed by atoms with van der Waals surface area (Å²) in [5.41, 5.74) is 9.70. The summed E-state index contributed by atoms with van der Waals surface area (Å²) >= 11 is 0. The van der Waals surface area contributed by atoms with Gasteiger partial charge in [-0.25, -0.2) is 9.97 Å². The van der Waals surface area contributed by atoms with Crippen molar-refractivity contribution < 1.29 is 0 Å². The van der Waals surface area contributed by atoms with E-state index in [-0.39, 0.29) is 0 Å². The summed E-state index contributed by atoms with van der Waals surface area (Å²) in [6.07, 6.45) is 4.02. The van der Waals surface area contributed by atoms with Crippen molar-refractivity contribution in [3.05, 3.63) is 78.1 Å². The molecule has 2 aromatic carbocycles. The van der Waals surface area contributed by atoms with Crippen LogP contribution in [0.2, 0.25) is 0 Å². The van der Waals surface area contributed by atoms with Gasteiger partial charge < -0.3 is 15.5 Å². The number of anilines is 3. The first-order valence-electron chi connectivity index (χ1n) is 9.49. The largest absolute Gasteiger partial charge is 0.393 e. The van der Waals surface area contributed by atoms with E-state index >= 15 is 0 Å². The molecule has 1 aliphatic rings. The second-order valence-corrected chi connectivity index (χ2v) is 6.96. The van der Waals surface area contributed by atoms with Gasteiger partial charge >= 0.3 is 0 Å². The van der Waals surface area contributed by atoms with E-state index in [0.717, 1.165) is 37.8 Å². The lowest BCUT2D eigenvalue weighted by molar-refractivity contribution is 0.780. The maximum absolute atomic E-state index is 6.56. The molecule has 0 atom stereocenters. The maximum Gasteiger partial charge on any atom is 0.158 e. The minimum absolute atomic E-state index is 0.672. The zero-order chi connectivity index (χ0) is 18.5. The molecule has 138 valence electrons. The van der Waals surface area contributed by atoms with Crippen molar-refractivity contribution in [1.82, 2.24) is 9.97 Å². The monoisotopic (exact) mass is 359 g/mol. The summed E-state index contributed by atoms with van der Waals surface area (Å²) in [6.45, 7) is 3.52. The van der Waals surface area contributed by atoms with Gasteiger partial charge in [0.05, 0.1) is 0 Å². The van der Waals surface area contributed by atoms with Crippen molar-refractivity contribution in [3.8, 4) is 0 Å². The number of nitrogens with two attached hydrogens (primary N) is 1. The number of rotatable bonds is 6. The molecule has 27 heavy (non-hydrogen) atoms. The molecule has 2 N–H and O–H groups in total. The standard InChI is InChI=1S/C22H25N5/c23-20-21(26-13-7-8-14-26)24-17-25-22(20)27(15-18-9-3-1-4-10-18)16-19-11-5-2-6-12-19/h1-6,9-12,17H,7-8,13-16,23H2. The molecule has 0 aliphatic carbocycles. The summed E-state index contributed by atoms with van der Waals surface area (Å²) in [5.74, 6) is 1.67. The van der Waals surface area contributed by atoms with Crippen LogP contribution in [-0.4, -0.2) is 23.1 Å². The average molecular weight is 359 g/mol. The van der Waals surface area contributed by atoms with E-state index in [4.69, 9.17) is 5.73 Å².